The van der Waals surface area contributed by atoms with Crippen molar-refractivity contribution in [2.75, 3.05) is 0 Å². The molecule has 14 nitrogen and oxygen atoms in total. The second-order valence-corrected chi connectivity index (χ2v) is 7.43. The van der Waals surface area contributed by atoms with Crippen LogP contribution in [0.1, 0.15) is 25.9 Å². The summed E-state index contributed by atoms with van der Waals surface area (Å²) in [7, 11) is 0. The molecule has 0 radical (unpaired) electrons. The third-order valence-corrected chi connectivity index (χ3v) is 5.11. The number of hydrogen-bond acceptors (Lipinski definition) is 10. The van der Waals surface area contributed by atoms with Gasteiger partial charge in [-0.15, -0.1) is 10.2 Å². The van der Waals surface area contributed by atoms with Crippen molar-refractivity contribution in [3.63, 3.8) is 0 Å². The molecule has 5 rings (SSSR count). The summed E-state index contributed by atoms with van der Waals surface area (Å²) in [4.78, 5) is 29.0. The predicted octanol–water partition coefficient (Wildman–Crippen LogP) is -0.398. The molecule has 0 fully saturated rings. The highest BCUT2D eigenvalue weighted by atomic mass is 16.1. The van der Waals surface area contributed by atoms with Gasteiger partial charge in [-0.1, -0.05) is 10.4 Å². The number of rotatable bonds is 6. The van der Waals surface area contributed by atoms with Crippen LogP contribution in [0.4, 0.5) is 0 Å². The van der Waals surface area contributed by atoms with Gasteiger partial charge < -0.3 is 0 Å². The number of hydrogen-bond donors (Lipinski definition) is 0. The fraction of sp³-hybridized carbons (Fsp3) is 0.333. The highest BCUT2D eigenvalue weighted by Gasteiger charge is 2.17. The Morgan fingerprint density at radius 1 is 0.688 bits per heavy atom. The number of aromatic nitrogens is 12. The zero-order valence-electron chi connectivity index (χ0n) is 17.2. The molecule has 0 aliphatic carbocycles. The van der Waals surface area contributed by atoms with Gasteiger partial charge in [0.25, 0.3) is 11.1 Å². The van der Waals surface area contributed by atoms with Gasteiger partial charge in [-0.05, 0) is 26.0 Å². The highest BCUT2D eigenvalue weighted by molar-refractivity contribution is 5.93. The van der Waals surface area contributed by atoms with Crippen LogP contribution in [0.5, 0.6) is 0 Å². The molecule has 4 aromatic heterocycles. The maximum Gasteiger partial charge on any atom is 0.277 e. The average molecular weight is 434 g/mol. The van der Waals surface area contributed by atoms with Crippen LogP contribution in [0.25, 0.3) is 21.8 Å². The number of nitrogens with zero attached hydrogens (tertiary/aromatic N) is 12. The normalized spacial score (nSPS) is 13.6. The standard InChI is InChI=1S/C18H18N12O2/c1-11(9-27-19-3-4-20-27)29-17(31)13-7-16-14(8-15(13)23-25-29)18(32)30(26-24-16)12(2)10-28-21-5-6-22-28/h3-8,11-12H,9-10H2,1-2H3/t11-,12?/m1/s1. The first kappa shape index (κ1) is 19.6. The average Bonchev–Trinajstić information content (AvgIpc) is 3.48. The van der Waals surface area contributed by atoms with Crippen molar-refractivity contribution in [2.45, 2.75) is 39.0 Å². The van der Waals surface area contributed by atoms with Crippen molar-refractivity contribution in [1.29, 1.82) is 0 Å². The largest absolute Gasteiger partial charge is 0.277 e. The molecule has 4 heterocycles. The van der Waals surface area contributed by atoms with Gasteiger partial charge >= 0.3 is 0 Å². The Kier molecular flexibility index (Phi) is 4.73. The van der Waals surface area contributed by atoms with Crippen LogP contribution in [0.2, 0.25) is 0 Å². The van der Waals surface area contributed by atoms with E-state index in [-0.39, 0.29) is 23.2 Å². The van der Waals surface area contributed by atoms with Crippen LogP contribution in [0.3, 0.4) is 0 Å². The molecule has 14 heteroatoms. The van der Waals surface area contributed by atoms with Gasteiger partial charge in [0.2, 0.25) is 0 Å². The third kappa shape index (κ3) is 3.40. The molecule has 0 N–H and O–H groups in total. The summed E-state index contributed by atoms with van der Waals surface area (Å²) >= 11 is 0. The van der Waals surface area contributed by atoms with Gasteiger partial charge in [-0.25, -0.2) is 9.36 Å². The molecule has 0 bridgehead atoms. The summed E-state index contributed by atoms with van der Waals surface area (Å²) in [6.45, 7) is 4.35. The second-order valence-electron chi connectivity index (χ2n) is 7.43. The van der Waals surface area contributed by atoms with Crippen molar-refractivity contribution in [2.24, 2.45) is 0 Å². The first-order valence-electron chi connectivity index (χ1n) is 9.88. The van der Waals surface area contributed by atoms with Crippen LogP contribution in [-0.2, 0) is 13.1 Å². The monoisotopic (exact) mass is 434 g/mol. The van der Waals surface area contributed by atoms with E-state index >= 15 is 0 Å². The van der Waals surface area contributed by atoms with E-state index < -0.39 is 0 Å². The van der Waals surface area contributed by atoms with Crippen LogP contribution in [0.15, 0.2) is 46.5 Å². The van der Waals surface area contributed by atoms with Gasteiger partial charge in [-0.2, -0.15) is 30.0 Å². The maximum atomic E-state index is 13.0. The van der Waals surface area contributed by atoms with Crippen LogP contribution in [-0.4, -0.2) is 60.0 Å². The molecular formula is C18H18N12O2. The smallest absolute Gasteiger partial charge is 0.267 e. The van der Waals surface area contributed by atoms with Crippen molar-refractivity contribution in [3.05, 3.63) is 57.6 Å². The first-order valence-corrected chi connectivity index (χ1v) is 9.88. The molecule has 0 saturated heterocycles. The van der Waals surface area contributed by atoms with Gasteiger partial charge in [-0.3, -0.25) is 9.59 Å². The first-order chi connectivity index (χ1) is 15.5. The van der Waals surface area contributed by atoms with Crippen molar-refractivity contribution < 1.29 is 0 Å². The van der Waals surface area contributed by atoms with Gasteiger partial charge in [0.15, 0.2) is 0 Å². The van der Waals surface area contributed by atoms with Crippen molar-refractivity contribution >= 4 is 21.8 Å². The Bertz CT molecular complexity index is 1390. The molecule has 2 atom stereocenters. The van der Waals surface area contributed by atoms with Gasteiger partial charge in [0.1, 0.15) is 11.0 Å². The lowest BCUT2D eigenvalue weighted by atomic mass is 10.1. The molecule has 5 aromatic rings. The summed E-state index contributed by atoms with van der Waals surface area (Å²) in [6, 6.07) is 2.38. The second kappa shape index (κ2) is 7.72. The molecule has 1 aromatic carbocycles. The van der Waals surface area contributed by atoms with E-state index in [1.807, 2.05) is 13.8 Å². The molecule has 0 aliphatic rings. The minimum atomic E-state index is -0.347. The van der Waals surface area contributed by atoms with E-state index in [2.05, 4.69) is 41.0 Å². The minimum absolute atomic E-state index is 0.299. The topological polar surface area (TPSA) is 157 Å². The lowest BCUT2D eigenvalue weighted by Gasteiger charge is -2.14. The van der Waals surface area contributed by atoms with Crippen LogP contribution < -0.4 is 11.1 Å². The Balaban J connectivity index is 1.54. The summed E-state index contributed by atoms with van der Waals surface area (Å²) in [5.74, 6) is 0. The van der Waals surface area contributed by atoms with E-state index in [4.69, 9.17) is 0 Å². The summed E-state index contributed by atoms with van der Waals surface area (Å²) in [6.07, 6.45) is 6.24. The Morgan fingerprint density at radius 2 is 1.06 bits per heavy atom. The Hall–Kier alpha value is -4.36. The maximum absolute atomic E-state index is 13.0. The number of benzene rings is 1. The summed E-state index contributed by atoms with van der Waals surface area (Å²) in [5, 5.41) is 33.2. The Morgan fingerprint density at radius 3 is 1.44 bits per heavy atom. The number of fused-ring (bicyclic) bond motifs is 2. The SMILES string of the molecule is CC(Cn1nccn1)n1nnc2cc3c(=O)n([C@H](C)Cn4nccn4)nnc3cc2c1=O. The quantitative estimate of drug-likeness (QED) is 0.322. The van der Waals surface area contributed by atoms with E-state index in [1.54, 1.807) is 24.8 Å². The van der Waals surface area contributed by atoms with E-state index in [0.717, 1.165) is 0 Å². The van der Waals surface area contributed by atoms with Gasteiger partial charge in [0, 0.05) is 0 Å². The fourth-order valence-corrected chi connectivity index (χ4v) is 3.48. The van der Waals surface area contributed by atoms with Crippen LogP contribution >= 0.6 is 0 Å². The molecular weight excluding hydrogens is 416 g/mol. The van der Waals surface area contributed by atoms with Crippen LogP contribution in [0, 0.1) is 0 Å². The fourth-order valence-electron chi connectivity index (χ4n) is 3.48. The van der Waals surface area contributed by atoms with Gasteiger partial charge in [0.05, 0.1) is 60.7 Å². The lowest BCUT2D eigenvalue weighted by Crippen LogP contribution is -2.31. The Labute approximate surface area is 179 Å². The highest BCUT2D eigenvalue weighted by Crippen LogP contribution is 2.15. The molecule has 0 saturated carbocycles. The predicted molar refractivity (Wildman–Crippen MR) is 111 cm³/mol. The van der Waals surface area contributed by atoms with Crippen molar-refractivity contribution in [1.82, 2.24) is 60.0 Å². The third-order valence-electron chi connectivity index (χ3n) is 5.11. The summed E-state index contributed by atoms with van der Waals surface area (Å²) < 4.78 is 2.54. The summed E-state index contributed by atoms with van der Waals surface area (Å²) in [5.41, 5.74) is -0.0799. The van der Waals surface area contributed by atoms with Crippen molar-refractivity contribution in [3.8, 4) is 0 Å². The zero-order valence-corrected chi connectivity index (χ0v) is 17.2. The van der Waals surface area contributed by atoms with E-state index in [1.165, 1.54) is 31.1 Å². The zero-order chi connectivity index (χ0) is 22.2. The molecule has 0 aliphatic heterocycles. The molecule has 32 heavy (non-hydrogen) atoms. The molecule has 0 amide bonds. The molecule has 0 spiro atoms. The molecule has 1 unspecified atom stereocenters. The molecule has 162 valence electrons. The lowest BCUT2D eigenvalue weighted by molar-refractivity contribution is 0.357. The van der Waals surface area contributed by atoms with E-state index in [0.29, 0.717) is 34.9 Å². The van der Waals surface area contributed by atoms with E-state index in [9.17, 15) is 9.59 Å². The minimum Gasteiger partial charge on any atom is -0.267 e.